The number of allylic oxidation sites excluding steroid dienone is 7. The van der Waals surface area contributed by atoms with Crippen LogP contribution in [-0.4, -0.2) is 184 Å². The Hall–Kier alpha value is -2.42. The van der Waals surface area contributed by atoms with Crippen molar-refractivity contribution >= 4 is 119 Å². The average Bonchev–Trinajstić information content (AvgIpc) is 3.55. The number of aliphatic carboxylic acids is 1. The van der Waals surface area contributed by atoms with Crippen molar-refractivity contribution in [2.45, 2.75) is 93.3 Å². The van der Waals surface area contributed by atoms with Crippen molar-refractivity contribution in [3.63, 3.8) is 0 Å². The predicted molar refractivity (Wildman–Crippen MR) is 285 cm³/mol. The Labute approximate surface area is 465 Å². The van der Waals surface area contributed by atoms with Crippen molar-refractivity contribution in [3.05, 3.63) is 124 Å². The Morgan fingerprint density at radius 3 is 1.93 bits per heavy atom. The van der Waals surface area contributed by atoms with Crippen LogP contribution in [0.4, 0.5) is 11.4 Å². The van der Waals surface area contributed by atoms with E-state index in [2.05, 4.69) is 104 Å². The van der Waals surface area contributed by atoms with Crippen LogP contribution in [0.3, 0.4) is 0 Å². The Morgan fingerprint density at radius 2 is 1.35 bits per heavy atom. The molecular formula is C51H72BrN4Na2O9S2+3. The molecule has 2 aliphatic heterocycles. The van der Waals surface area contributed by atoms with Crippen LogP contribution < -0.4 is 9.64 Å². The number of hydrogen-bond acceptors (Lipinski definition) is 7. The summed E-state index contributed by atoms with van der Waals surface area (Å²) in [5.41, 5.74) is 6.95. The van der Waals surface area contributed by atoms with E-state index >= 15 is 0 Å². The van der Waals surface area contributed by atoms with Crippen LogP contribution in [0.25, 0.3) is 0 Å². The second-order valence-corrected chi connectivity index (χ2v) is 23.7. The molecule has 0 aromatic heterocycles. The topological polar surface area (TPSA) is 162 Å². The molecule has 18 heteroatoms. The molecule has 3 aliphatic rings. The molecule has 0 spiro atoms. The summed E-state index contributed by atoms with van der Waals surface area (Å²) in [7, 11) is 4.07. The molecule has 13 nitrogen and oxygen atoms in total. The number of nitrogens with zero attached hydrogens (tertiary/aromatic N) is 4. The van der Waals surface area contributed by atoms with Crippen LogP contribution in [0.15, 0.2) is 117 Å². The molecule has 3 aromatic carbocycles. The van der Waals surface area contributed by atoms with Crippen molar-refractivity contribution < 1.29 is 54.1 Å². The molecule has 368 valence electrons. The first kappa shape index (κ1) is 60.9. The Kier molecular flexibility index (Phi) is 20.9. The SMILES string of the molecule is Br.CC1(C)C(/C=C/C2=C(Oc3ccc(CCC(=O)O)cc3)C(=C/C=C3\N(CCC[N+](C)(C)C)c4ccc(S(=O)(=O)O)cc4C3(C)C)/CCC2)=[N+](CCC[N+](C)(C)C)c2ccc(S(=O)(=O)O)cc21.[NaH].[NaH]. The van der Waals surface area contributed by atoms with Gasteiger partial charge in [0.05, 0.1) is 77.0 Å². The minimum atomic E-state index is -4.43. The number of quaternary nitrogens is 2. The normalized spacial score (nSPS) is 17.9. The van der Waals surface area contributed by atoms with Crippen molar-refractivity contribution in [1.82, 2.24) is 0 Å². The van der Waals surface area contributed by atoms with Gasteiger partial charge in [0.15, 0.2) is 12.3 Å². The van der Waals surface area contributed by atoms with E-state index in [1.807, 2.05) is 24.3 Å². The van der Waals surface area contributed by atoms with Gasteiger partial charge in [0.2, 0.25) is 5.69 Å². The van der Waals surface area contributed by atoms with E-state index < -0.39 is 37.0 Å². The number of carboxylic acid groups (broad SMARTS) is 1. The van der Waals surface area contributed by atoms with Gasteiger partial charge in [-0.05, 0) is 116 Å². The van der Waals surface area contributed by atoms with Gasteiger partial charge in [-0.3, -0.25) is 13.9 Å². The van der Waals surface area contributed by atoms with Crippen molar-refractivity contribution in [2.75, 3.05) is 73.4 Å². The first-order valence-corrected chi connectivity index (χ1v) is 25.5. The number of carboxylic acids is 1. The zero-order chi connectivity index (χ0) is 48.6. The van der Waals surface area contributed by atoms with E-state index in [1.54, 1.807) is 24.3 Å². The third kappa shape index (κ3) is 15.1. The van der Waals surface area contributed by atoms with Crippen LogP contribution in [0.1, 0.15) is 82.9 Å². The van der Waals surface area contributed by atoms with Crippen LogP contribution in [0.5, 0.6) is 5.75 Å². The summed E-state index contributed by atoms with van der Waals surface area (Å²) in [6.45, 7) is 11.5. The van der Waals surface area contributed by atoms with Crippen LogP contribution in [0.2, 0.25) is 0 Å². The molecule has 0 saturated carbocycles. The molecule has 1 aliphatic carbocycles. The maximum atomic E-state index is 12.3. The molecule has 3 N–H and O–H groups in total. The number of ether oxygens (including phenoxy) is 1. The summed E-state index contributed by atoms with van der Waals surface area (Å²) >= 11 is 0. The van der Waals surface area contributed by atoms with Crippen molar-refractivity contribution in [2.24, 2.45) is 0 Å². The van der Waals surface area contributed by atoms with Gasteiger partial charge in [-0.1, -0.05) is 32.1 Å². The molecule has 0 radical (unpaired) electrons. The fourth-order valence-corrected chi connectivity index (χ4v) is 10.3. The molecule has 2 heterocycles. The van der Waals surface area contributed by atoms with Gasteiger partial charge in [0.1, 0.15) is 11.5 Å². The van der Waals surface area contributed by atoms with Crippen molar-refractivity contribution in [1.29, 1.82) is 0 Å². The summed E-state index contributed by atoms with van der Waals surface area (Å²) in [5, 5.41) is 9.27. The zero-order valence-corrected chi connectivity index (χ0v) is 44.0. The van der Waals surface area contributed by atoms with Gasteiger partial charge in [0.25, 0.3) is 20.2 Å². The Bertz CT molecular complexity index is 2770. The van der Waals surface area contributed by atoms with Crippen molar-refractivity contribution in [3.8, 4) is 5.75 Å². The minimum absolute atomic E-state index is 0. The number of halogens is 1. The summed E-state index contributed by atoms with van der Waals surface area (Å²) in [6.07, 6.45) is 12.9. The third-order valence-electron chi connectivity index (χ3n) is 12.9. The Balaban J connectivity index is 0.00000420. The number of carbonyl (C=O) groups is 1. The fraction of sp³-hybridized carbons (Fsp3) is 0.451. The third-order valence-corrected chi connectivity index (χ3v) is 14.6. The number of aryl methyl sites for hydroxylation is 1. The monoisotopic (exact) mass is 1070 g/mol. The van der Waals surface area contributed by atoms with E-state index in [9.17, 15) is 35.8 Å². The number of benzene rings is 3. The first-order chi connectivity index (χ1) is 30.6. The van der Waals surface area contributed by atoms with E-state index in [4.69, 9.17) is 4.74 Å². The van der Waals surface area contributed by atoms with Gasteiger partial charge in [-0.2, -0.15) is 21.4 Å². The zero-order valence-electron chi connectivity index (χ0n) is 40.7. The Morgan fingerprint density at radius 1 is 0.768 bits per heavy atom. The molecule has 0 amide bonds. The summed E-state index contributed by atoms with van der Waals surface area (Å²) in [4.78, 5) is 13.3. The summed E-state index contributed by atoms with van der Waals surface area (Å²) < 4.78 is 80.1. The second kappa shape index (κ2) is 23.6. The van der Waals surface area contributed by atoms with E-state index in [0.717, 1.165) is 105 Å². The van der Waals surface area contributed by atoms with Gasteiger partial charge < -0.3 is 23.7 Å². The van der Waals surface area contributed by atoms with Gasteiger partial charge in [-0.15, -0.1) is 17.0 Å². The molecule has 0 unspecified atom stereocenters. The van der Waals surface area contributed by atoms with Gasteiger partial charge in [-0.25, -0.2) is 0 Å². The average molecular weight is 1080 g/mol. The molecule has 6 rings (SSSR count). The second-order valence-electron chi connectivity index (χ2n) is 20.9. The van der Waals surface area contributed by atoms with E-state index in [-0.39, 0.29) is 92.3 Å². The predicted octanol–water partition coefficient (Wildman–Crippen LogP) is 7.73. The molecular weight excluding hydrogens is 1000 g/mol. The molecule has 0 fully saturated rings. The van der Waals surface area contributed by atoms with Gasteiger partial charge >= 0.3 is 65.1 Å². The number of hydrogen-bond donors (Lipinski definition) is 3. The van der Waals surface area contributed by atoms with E-state index in [0.29, 0.717) is 31.0 Å². The van der Waals surface area contributed by atoms with Crippen LogP contribution >= 0.6 is 17.0 Å². The summed E-state index contributed by atoms with van der Waals surface area (Å²) in [5.74, 6) is 0.439. The van der Waals surface area contributed by atoms with Crippen LogP contribution in [-0.2, 0) is 42.3 Å². The number of rotatable bonds is 18. The maximum absolute atomic E-state index is 12.3. The molecule has 3 aromatic rings. The fourth-order valence-electron chi connectivity index (χ4n) is 9.32. The van der Waals surface area contributed by atoms with Crippen LogP contribution in [0, 0.1) is 0 Å². The molecule has 0 bridgehead atoms. The number of fused-ring (bicyclic) bond motifs is 2. The molecule has 0 atom stereocenters. The number of anilines is 1. The quantitative estimate of drug-likeness (QED) is 0.0498. The standard InChI is InChI=1S/C51H66N4O9S2.BrH.2Na.2H/c1-50(2)42-34-40(65(58,59)60)23-25-44(42)52(30-12-32-54(5,6)7)46(50)27-19-37-14-11-15-38(49(37)64-39-21-16-36(17-22-39)18-29-48(56)57)20-28-47-51(3,4)43-35-41(66(61,62)63)24-26-45(43)53(47)31-13-33-55(8,9)10;;;;;/h16-17,19-28,34-35H,11-15,18,29-33H2,1-10H3;1H;;;;/p+3. The molecule has 69 heavy (non-hydrogen) atoms. The summed E-state index contributed by atoms with van der Waals surface area (Å²) in [6, 6.07) is 17.2. The van der Waals surface area contributed by atoms with Gasteiger partial charge in [0, 0.05) is 53.9 Å². The first-order valence-electron chi connectivity index (χ1n) is 22.7. The molecule has 0 saturated heterocycles. The van der Waals surface area contributed by atoms with E-state index in [1.165, 1.54) is 12.1 Å².